The van der Waals surface area contributed by atoms with Gasteiger partial charge in [-0.1, -0.05) is 19.1 Å². The first-order valence-corrected chi connectivity index (χ1v) is 5.72. The van der Waals surface area contributed by atoms with Crippen LogP contribution in [0, 0.1) is 23.7 Å². The number of fused-ring (bicyclic) bond motifs is 5. The third-order valence-corrected chi connectivity index (χ3v) is 4.98. The quantitative estimate of drug-likeness (QED) is 0.571. The standard InChI is InChI=1S/C12H18O2/c1-7-8-5-6-11(13)12(7,14)10-4-2-3-9(8)10/h2,4,7-11,13-14H,3,5-6H2,1H3. The summed E-state index contributed by atoms with van der Waals surface area (Å²) in [7, 11) is 0. The Morgan fingerprint density at radius 3 is 2.86 bits per heavy atom. The lowest BCUT2D eigenvalue weighted by atomic mass is 9.72. The largest absolute Gasteiger partial charge is 0.390 e. The highest BCUT2D eigenvalue weighted by Crippen LogP contribution is 2.59. The molecular weight excluding hydrogens is 176 g/mol. The molecule has 0 spiro atoms. The lowest BCUT2D eigenvalue weighted by Crippen LogP contribution is -2.52. The van der Waals surface area contributed by atoms with E-state index in [0.29, 0.717) is 11.8 Å². The Bertz CT molecular complexity index is 286. The summed E-state index contributed by atoms with van der Waals surface area (Å²) in [5.41, 5.74) is -0.819. The fourth-order valence-electron chi connectivity index (χ4n) is 4.20. The Hall–Kier alpha value is -0.340. The molecule has 0 aliphatic heterocycles. The van der Waals surface area contributed by atoms with Crippen molar-refractivity contribution in [3.63, 3.8) is 0 Å². The summed E-state index contributed by atoms with van der Waals surface area (Å²) >= 11 is 0. The summed E-state index contributed by atoms with van der Waals surface area (Å²) in [5.74, 6) is 1.72. The van der Waals surface area contributed by atoms with Crippen molar-refractivity contribution in [2.45, 2.75) is 37.9 Å². The minimum absolute atomic E-state index is 0.222. The highest BCUT2D eigenvalue weighted by Gasteiger charge is 2.62. The average molecular weight is 194 g/mol. The molecule has 6 atom stereocenters. The SMILES string of the molecule is CC1C2CCC(O)C1(O)C1C=CCC21. The van der Waals surface area contributed by atoms with Gasteiger partial charge < -0.3 is 10.2 Å². The van der Waals surface area contributed by atoms with Crippen LogP contribution in [-0.2, 0) is 0 Å². The van der Waals surface area contributed by atoms with Crippen LogP contribution in [0.5, 0.6) is 0 Å². The Balaban J connectivity index is 2.06. The minimum Gasteiger partial charge on any atom is -0.390 e. The van der Waals surface area contributed by atoms with E-state index in [2.05, 4.69) is 19.1 Å². The van der Waals surface area contributed by atoms with E-state index in [-0.39, 0.29) is 11.8 Å². The highest BCUT2D eigenvalue weighted by molar-refractivity contribution is 5.21. The van der Waals surface area contributed by atoms with Crippen LogP contribution in [0.15, 0.2) is 12.2 Å². The van der Waals surface area contributed by atoms with Gasteiger partial charge in [0.2, 0.25) is 0 Å². The minimum atomic E-state index is -0.819. The second-order valence-electron chi connectivity index (χ2n) is 5.29. The molecule has 2 saturated carbocycles. The average Bonchev–Trinajstić information content (AvgIpc) is 2.67. The van der Waals surface area contributed by atoms with Crippen LogP contribution in [0.3, 0.4) is 0 Å². The molecule has 2 fully saturated rings. The Morgan fingerprint density at radius 1 is 1.29 bits per heavy atom. The first-order chi connectivity index (χ1) is 6.65. The Kier molecular flexibility index (Phi) is 1.67. The smallest absolute Gasteiger partial charge is 0.0998 e. The molecule has 14 heavy (non-hydrogen) atoms. The molecule has 0 aromatic heterocycles. The second kappa shape index (κ2) is 2.61. The van der Waals surface area contributed by atoms with E-state index >= 15 is 0 Å². The topological polar surface area (TPSA) is 40.5 Å². The maximum Gasteiger partial charge on any atom is 0.0998 e. The zero-order valence-electron chi connectivity index (χ0n) is 8.56. The lowest BCUT2D eigenvalue weighted by Gasteiger charge is -2.41. The molecule has 0 aromatic rings. The third kappa shape index (κ3) is 0.801. The molecule has 6 unspecified atom stereocenters. The van der Waals surface area contributed by atoms with Gasteiger partial charge in [0.15, 0.2) is 0 Å². The first-order valence-electron chi connectivity index (χ1n) is 5.72. The molecule has 2 N–H and O–H groups in total. The van der Waals surface area contributed by atoms with Gasteiger partial charge in [-0.05, 0) is 37.0 Å². The van der Waals surface area contributed by atoms with Gasteiger partial charge in [0, 0.05) is 5.92 Å². The number of aliphatic hydroxyl groups excluding tert-OH is 1. The van der Waals surface area contributed by atoms with Gasteiger partial charge in [0.1, 0.15) is 0 Å². The van der Waals surface area contributed by atoms with Crippen molar-refractivity contribution >= 4 is 0 Å². The van der Waals surface area contributed by atoms with Crippen molar-refractivity contribution in [3.8, 4) is 0 Å². The Labute approximate surface area is 84.6 Å². The molecule has 0 aromatic carbocycles. The van der Waals surface area contributed by atoms with Crippen LogP contribution in [0.4, 0.5) is 0 Å². The molecule has 3 aliphatic rings. The molecule has 0 heterocycles. The fraction of sp³-hybridized carbons (Fsp3) is 0.833. The highest BCUT2D eigenvalue weighted by atomic mass is 16.3. The van der Waals surface area contributed by atoms with Gasteiger partial charge in [-0.15, -0.1) is 0 Å². The molecule has 3 rings (SSSR count). The van der Waals surface area contributed by atoms with Crippen molar-refractivity contribution < 1.29 is 10.2 Å². The van der Waals surface area contributed by atoms with E-state index < -0.39 is 11.7 Å². The van der Waals surface area contributed by atoms with Crippen LogP contribution in [0.25, 0.3) is 0 Å². The number of aliphatic hydroxyl groups is 2. The fourth-order valence-corrected chi connectivity index (χ4v) is 4.20. The molecular formula is C12H18O2. The van der Waals surface area contributed by atoms with Gasteiger partial charge in [-0.3, -0.25) is 0 Å². The lowest BCUT2D eigenvalue weighted by molar-refractivity contribution is -0.135. The summed E-state index contributed by atoms with van der Waals surface area (Å²) in [5, 5.41) is 20.6. The third-order valence-electron chi connectivity index (χ3n) is 4.98. The monoisotopic (exact) mass is 194 g/mol. The molecule has 78 valence electrons. The summed E-state index contributed by atoms with van der Waals surface area (Å²) in [6.45, 7) is 2.11. The van der Waals surface area contributed by atoms with Gasteiger partial charge >= 0.3 is 0 Å². The normalized spacial score (nSPS) is 60.4. The summed E-state index contributed by atoms with van der Waals surface area (Å²) < 4.78 is 0. The second-order valence-corrected chi connectivity index (χ2v) is 5.29. The van der Waals surface area contributed by atoms with Crippen molar-refractivity contribution in [2.24, 2.45) is 23.7 Å². The number of hydrogen-bond acceptors (Lipinski definition) is 2. The zero-order valence-corrected chi connectivity index (χ0v) is 8.56. The van der Waals surface area contributed by atoms with E-state index in [1.807, 2.05) is 0 Å². The van der Waals surface area contributed by atoms with Crippen LogP contribution in [0.2, 0.25) is 0 Å². The molecule has 2 nitrogen and oxygen atoms in total. The predicted molar refractivity (Wildman–Crippen MR) is 53.6 cm³/mol. The van der Waals surface area contributed by atoms with E-state index in [1.54, 1.807) is 0 Å². The van der Waals surface area contributed by atoms with Crippen molar-refractivity contribution in [3.05, 3.63) is 12.2 Å². The van der Waals surface area contributed by atoms with Crippen molar-refractivity contribution in [1.82, 2.24) is 0 Å². The number of hydrogen-bond donors (Lipinski definition) is 2. The number of rotatable bonds is 0. The summed E-state index contributed by atoms with van der Waals surface area (Å²) in [6.07, 6.45) is 6.79. The van der Waals surface area contributed by atoms with Gasteiger partial charge in [0.05, 0.1) is 11.7 Å². The van der Waals surface area contributed by atoms with Crippen LogP contribution in [0.1, 0.15) is 26.2 Å². The zero-order chi connectivity index (χ0) is 9.92. The molecule has 2 heteroatoms. The van der Waals surface area contributed by atoms with E-state index in [9.17, 15) is 10.2 Å². The first kappa shape index (κ1) is 8.93. The molecule has 0 radical (unpaired) electrons. The summed E-state index contributed by atoms with van der Waals surface area (Å²) in [4.78, 5) is 0. The number of allylic oxidation sites excluding steroid dienone is 1. The maximum atomic E-state index is 10.6. The van der Waals surface area contributed by atoms with E-state index in [4.69, 9.17) is 0 Å². The molecule has 0 saturated heterocycles. The maximum absolute atomic E-state index is 10.6. The molecule has 0 amide bonds. The van der Waals surface area contributed by atoms with Crippen LogP contribution >= 0.6 is 0 Å². The van der Waals surface area contributed by atoms with Crippen molar-refractivity contribution in [2.75, 3.05) is 0 Å². The predicted octanol–water partition coefficient (Wildman–Crippen LogP) is 1.33. The van der Waals surface area contributed by atoms with Gasteiger partial charge in [0.25, 0.3) is 0 Å². The van der Waals surface area contributed by atoms with E-state index in [0.717, 1.165) is 19.3 Å². The van der Waals surface area contributed by atoms with Crippen LogP contribution < -0.4 is 0 Å². The Morgan fingerprint density at radius 2 is 2.07 bits per heavy atom. The van der Waals surface area contributed by atoms with E-state index in [1.165, 1.54) is 0 Å². The molecule has 3 aliphatic carbocycles. The van der Waals surface area contributed by atoms with Gasteiger partial charge in [-0.2, -0.15) is 0 Å². The van der Waals surface area contributed by atoms with Crippen molar-refractivity contribution in [1.29, 1.82) is 0 Å². The molecule has 2 bridgehead atoms. The van der Waals surface area contributed by atoms with Gasteiger partial charge in [-0.25, -0.2) is 0 Å². The van der Waals surface area contributed by atoms with Crippen LogP contribution in [-0.4, -0.2) is 21.9 Å². The summed E-state index contributed by atoms with van der Waals surface area (Å²) in [6, 6.07) is 0.